The van der Waals surface area contributed by atoms with Crippen molar-refractivity contribution in [1.29, 1.82) is 0 Å². The second kappa shape index (κ2) is 7.35. The van der Waals surface area contributed by atoms with Gasteiger partial charge in [0.25, 0.3) is 0 Å². The van der Waals surface area contributed by atoms with E-state index in [0.29, 0.717) is 29.6 Å². The fourth-order valence-electron chi connectivity index (χ4n) is 8.53. The third-order valence-corrected chi connectivity index (χ3v) is 9.98. The number of rotatable bonds is 4. The van der Waals surface area contributed by atoms with Gasteiger partial charge in [0.2, 0.25) is 0 Å². The molecule has 0 amide bonds. The minimum atomic E-state index is -0.588. The van der Waals surface area contributed by atoms with Gasteiger partial charge in [0, 0.05) is 0 Å². The zero-order chi connectivity index (χ0) is 21.2. The highest BCUT2D eigenvalue weighted by atomic mass is 16.3. The number of fused-ring (bicyclic) bond motifs is 5. The summed E-state index contributed by atoms with van der Waals surface area (Å²) < 4.78 is 0. The summed E-state index contributed by atoms with van der Waals surface area (Å²) in [6.07, 6.45) is 11.3. The number of aliphatic hydroxyl groups excluding tert-OH is 2. The molecule has 4 aliphatic rings. The van der Waals surface area contributed by atoms with Crippen LogP contribution in [-0.4, -0.2) is 33.1 Å². The smallest absolute Gasteiger partial charge is 0.0591 e. The Labute approximate surface area is 178 Å². The van der Waals surface area contributed by atoms with Crippen molar-refractivity contribution in [2.45, 2.75) is 110 Å². The molecule has 1 unspecified atom stereocenters. The summed E-state index contributed by atoms with van der Waals surface area (Å²) >= 11 is 0. The minimum absolute atomic E-state index is 0.0769. The van der Waals surface area contributed by atoms with Gasteiger partial charge in [-0.05, 0) is 112 Å². The number of aliphatic hydroxyl groups is 3. The minimum Gasteiger partial charge on any atom is -0.393 e. The van der Waals surface area contributed by atoms with Gasteiger partial charge >= 0.3 is 0 Å². The second-order valence-corrected chi connectivity index (χ2v) is 12.4. The van der Waals surface area contributed by atoms with Gasteiger partial charge in [0.1, 0.15) is 0 Å². The van der Waals surface area contributed by atoms with Crippen LogP contribution in [0.5, 0.6) is 0 Å². The molecule has 0 saturated heterocycles. The van der Waals surface area contributed by atoms with Crippen LogP contribution in [0.3, 0.4) is 0 Å². The summed E-state index contributed by atoms with van der Waals surface area (Å²) in [6, 6.07) is 0. The van der Waals surface area contributed by atoms with Crippen molar-refractivity contribution in [3.63, 3.8) is 0 Å². The van der Waals surface area contributed by atoms with Gasteiger partial charge in [-0.1, -0.05) is 32.4 Å². The van der Waals surface area contributed by atoms with E-state index in [0.717, 1.165) is 44.9 Å². The molecule has 3 nitrogen and oxygen atoms in total. The lowest BCUT2D eigenvalue weighted by Crippen LogP contribution is -2.56. The van der Waals surface area contributed by atoms with Gasteiger partial charge in [-0.25, -0.2) is 0 Å². The molecule has 3 heteroatoms. The van der Waals surface area contributed by atoms with E-state index in [9.17, 15) is 15.3 Å². The molecule has 9 atom stereocenters. The first kappa shape index (κ1) is 21.8. The average molecular weight is 405 g/mol. The first-order chi connectivity index (χ1) is 13.5. The van der Waals surface area contributed by atoms with E-state index >= 15 is 0 Å². The van der Waals surface area contributed by atoms with Gasteiger partial charge in [-0.15, -0.1) is 0 Å². The lowest BCUT2D eigenvalue weighted by Gasteiger charge is -2.60. The highest BCUT2D eigenvalue weighted by molar-refractivity contribution is 5.26. The van der Waals surface area contributed by atoms with Crippen LogP contribution in [-0.2, 0) is 0 Å². The molecule has 4 rings (SSSR count). The van der Waals surface area contributed by atoms with Crippen molar-refractivity contribution in [2.75, 3.05) is 0 Å². The molecule has 0 aromatic carbocycles. The Morgan fingerprint density at radius 1 is 1.17 bits per heavy atom. The molecule has 3 N–H and O–H groups in total. The standard InChI is InChI=1S/C26H44O3/c1-16(10-12-24(2,3)29)20-8-9-21-19-7-6-17-14-18(27)11-13-25(17,4)23(19)22(28)15-26(20,21)5/h6,16,18-23,27-29H,7-15H2,1-5H3/t16-,18+,19+,20-,21+,22+,23?,25+,26-/m1/s1. The Kier molecular flexibility index (Phi) is 5.53. The van der Waals surface area contributed by atoms with Crippen LogP contribution in [0.4, 0.5) is 0 Å². The Hall–Kier alpha value is -0.380. The summed E-state index contributed by atoms with van der Waals surface area (Å²) in [5.41, 5.74) is 1.13. The average Bonchev–Trinajstić information content (AvgIpc) is 2.96. The Morgan fingerprint density at radius 2 is 1.90 bits per heavy atom. The molecule has 0 aromatic heterocycles. The van der Waals surface area contributed by atoms with Crippen LogP contribution in [0.15, 0.2) is 11.6 Å². The molecule has 166 valence electrons. The normalized spacial score (nSPS) is 48.3. The van der Waals surface area contributed by atoms with Crippen LogP contribution >= 0.6 is 0 Å². The molecule has 0 heterocycles. The quantitative estimate of drug-likeness (QED) is 0.572. The maximum Gasteiger partial charge on any atom is 0.0591 e. The van der Waals surface area contributed by atoms with Crippen molar-refractivity contribution in [3.05, 3.63) is 11.6 Å². The van der Waals surface area contributed by atoms with E-state index in [1.165, 1.54) is 18.4 Å². The lowest BCUT2D eigenvalue weighted by molar-refractivity contribution is -0.130. The summed E-state index contributed by atoms with van der Waals surface area (Å²) in [6.45, 7) is 11.1. The van der Waals surface area contributed by atoms with E-state index in [2.05, 4.69) is 26.8 Å². The summed E-state index contributed by atoms with van der Waals surface area (Å²) in [4.78, 5) is 0. The summed E-state index contributed by atoms with van der Waals surface area (Å²) in [7, 11) is 0. The highest BCUT2D eigenvalue weighted by Crippen LogP contribution is 2.67. The van der Waals surface area contributed by atoms with Crippen LogP contribution in [0.2, 0.25) is 0 Å². The largest absolute Gasteiger partial charge is 0.393 e. The predicted octanol–water partition coefficient (Wildman–Crippen LogP) is 5.08. The van der Waals surface area contributed by atoms with Gasteiger partial charge in [-0.3, -0.25) is 0 Å². The molecule has 0 radical (unpaired) electrons. The first-order valence-electron chi connectivity index (χ1n) is 12.2. The van der Waals surface area contributed by atoms with Crippen molar-refractivity contribution in [3.8, 4) is 0 Å². The van der Waals surface area contributed by atoms with Crippen molar-refractivity contribution in [2.24, 2.45) is 40.4 Å². The van der Waals surface area contributed by atoms with Crippen LogP contribution < -0.4 is 0 Å². The summed E-state index contributed by atoms with van der Waals surface area (Å²) in [5, 5.41) is 31.9. The Bertz CT molecular complexity index is 649. The summed E-state index contributed by atoms with van der Waals surface area (Å²) in [5.74, 6) is 2.89. The van der Waals surface area contributed by atoms with E-state index in [1.807, 2.05) is 13.8 Å². The van der Waals surface area contributed by atoms with Crippen molar-refractivity contribution < 1.29 is 15.3 Å². The van der Waals surface area contributed by atoms with Gasteiger partial charge < -0.3 is 15.3 Å². The first-order valence-corrected chi connectivity index (χ1v) is 12.2. The molecular formula is C26H44O3. The third-order valence-electron chi connectivity index (χ3n) is 9.98. The van der Waals surface area contributed by atoms with Gasteiger partial charge in [0.15, 0.2) is 0 Å². The Balaban J connectivity index is 1.57. The third kappa shape index (κ3) is 3.64. The number of hydrogen-bond acceptors (Lipinski definition) is 3. The highest BCUT2D eigenvalue weighted by Gasteiger charge is 2.62. The molecule has 3 fully saturated rings. The zero-order valence-electron chi connectivity index (χ0n) is 19.3. The number of allylic oxidation sites excluding steroid dienone is 1. The van der Waals surface area contributed by atoms with Crippen LogP contribution in [0.25, 0.3) is 0 Å². The predicted molar refractivity (Wildman–Crippen MR) is 117 cm³/mol. The maximum atomic E-state index is 11.5. The SMILES string of the molecule is C[C@H](CCC(C)(C)O)[C@H]1CC[C@H]2[C@@H]3CC=C4C[C@@H](O)CC[C@]4(C)C3[C@@H](O)C[C@]12C. The van der Waals surface area contributed by atoms with Crippen molar-refractivity contribution >= 4 is 0 Å². The van der Waals surface area contributed by atoms with E-state index in [-0.39, 0.29) is 23.0 Å². The fourth-order valence-corrected chi connectivity index (χ4v) is 8.53. The molecule has 0 aliphatic heterocycles. The molecule has 3 saturated carbocycles. The monoisotopic (exact) mass is 404 g/mol. The fraction of sp³-hybridized carbons (Fsp3) is 0.923. The molecular weight excluding hydrogens is 360 g/mol. The van der Waals surface area contributed by atoms with Crippen LogP contribution in [0.1, 0.15) is 92.4 Å². The topological polar surface area (TPSA) is 60.7 Å². The molecule has 29 heavy (non-hydrogen) atoms. The molecule has 0 aromatic rings. The Morgan fingerprint density at radius 3 is 2.59 bits per heavy atom. The number of hydrogen-bond donors (Lipinski definition) is 3. The zero-order valence-corrected chi connectivity index (χ0v) is 19.3. The maximum absolute atomic E-state index is 11.5. The molecule has 0 bridgehead atoms. The molecule has 0 spiro atoms. The van der Waals surface area contributed by atoms with Gasteiger partial charge in [-0.2, -0.15) is 0 Å². The van der Waals surface area contributed by atoms with E-state index in [4.69, 9.17) is 0 Å². The van der Waals surface area contributed by atoms with Crippen molar-refractivity contribution in [1.82, 2.24) is 0 Å². The molecule has 4 aliphatic carbocycles. The van der Waals surface area contributed by atoms with E-state index in [1.54, 1.807) is 0 Å². The lowest BCUT2D eigenvalue weighted by atomic mass is 9.46. The van der Waals surface area contributed by atoms with Gasteiger partial charge in [0.05, 0.1) is 17.8 Å². The van der Waals surface area contributed by atoms with E-state index < -0.39 is 5.60 Å². The second-order valence-electron chi connectivity index (χ2n) is 12.4. The van der Waals surface area contributed by atoms with Crippen LogP contribution in [0, 0.1) is 40.4 Å².